The minimum atomic E-state index is -1.23. The molecule has 0 aliphatic carbocycles. The van der Waals surface area contributed by atoms with Crippen LogP contribution in [-0.4, -0.2) is 25.1 Å². The van der Waals surface area contributed by atoms with Gasteiger partial charge in [-0.05, 0) is 53.1 Å². The Morgan fingerprint density at radius 2 is 2.05 bits per heavy atom. The zero-order valence-corrected chi connectivity index (χ0v) is 12.5. The number of amides is 1. The molecule has 6 heteroatoms. The number of rotatable bonds is 3. The maximum absolute atomic E-state index is 11.8. The summed E-state index contributed by atoms with van der Waals surface area (Å²) in [7, 11) is 1.29. The van der Waals surface area contributed by atoms with Gasteiger partial charge in [0.2, 0.25) is 0 Å². The highest BCUT2D eigenvalue weighted by atomic mass is 127. The number of methoxy groups -OCH3 is 1. The van der Waals surface area contributed by atoms with Crippen LogP contribution in [0.5, 0.6) is 0 Å². The second-order valence-corrected chi connectivity index (χ2v) is 5.61. The molecule has 1 aromatic rings. The highest BCUT2D eigenvalue weighted by molar-refractivity contribution is 14.1. The molecule has 1 saturated heterocycles. The Bertz CT molecular complexity index is 502. The van der Waals surface area contributed by atoms with Crippen LogP contribution in [0.4, 0.5) is 0 Å². The molecule has 0 aromatic heterocycles. The average Bonchev–Trinajstić information content (AvgIpc) is 2.85. The first-order valence-electron chi connectivity index (χ1n) is 5.81. The molecule has 5 nitrogen and oxygen atoms in total. The average molecular weight is 375 g/mol. The Morgan fingerprint density at radius 3 is 2.58 bits per heavy atom. The molecule has 0 spiro atoms. The highest BCUT2D eigenvalue weighted by Gasteiger charge is 2.49. The van der Waals surface area contributed by atoms with Gasteiger partial charge in [-0.3, -0.25) is 4.79 Å². The fourth-order valence-corrected chi connectivity index (χ4v) is 2.61. The Balaban J connectivity index is 2.33. The molecule has 1 fully saturated rings. The largest absolute Gasteiger partial charge is 0.467 e. The Morgan fingerprint density at radius 1 is 1.42 bits per heavy atom. The quantitative estimate of drug-likeness (QED) is 0.639. The Kier molecular flexibility index (Phi) is 4.10. The number of halogens is 1. The van der Waals surface area contributed by atoms with E-state index in [0.717, 1.165) is 3.57 Å². The van der Waals surface area contributed by atoms with E-state index in [9.17, 15) is 9.59 Å². The van der Waals surface area contributed by atoms with Gasteiger partial charge in [-0.25, -0.2) is 4.79 Å². The molecule has 0 bridgehead atoms. The third-order valence-corrected chi connectivity index (χ3v) is 3.99. The maximum atomic E-state index is 11.8. The summed E-state index contributed by atoms with van der Waals surface area (Å²) in [6.45, 7) is 0. The van der Waals surface area contributed by atoms with Crippen molar-refractivity contribution in [2.45, 2.75) is 24.5 Å². The molecule has 2 rings (SSSR count). The van der Waals surface area contributed by atoms with Crippen LogP contribution in [0.2, 0.25) is 0 Å². The van der Waals surface area contributed by atoms with E-state index in [1.807, 2.05) is 12.1 Å². The lowest BCUT2D eigenvalue weighted by atomic mass is 9.90. The summed E-state index contributed by atoms with van der Waals surface area (Å²) in [5.41, 5.74) is 4.93. The molecule has 2 N–H and O–H groups in total. The van der Waals surface area contributed by atoms with E-state index in [-0.39, 0.29) is 0 Å². The van der Waals surface area contributed by atoms with Gasteiger partial charge < -0.3 is 15.2 Å². The van der Waals surface area contributed by atoms with Crippen LogP contribution < -0.4 is 5.73 Å². The number of carbonyl (C=O) groups excluding carboxylic acids is 2. The molecule has 102 valence electrons. The van der Waals surface area contributed by atoms with Gasteiger partial charge in [0.15, 0.2) is 11.7 Å². The standard InChI is InChI=1S/C13H14INO4/c1-18-11(16)10-6-7-13(19-10,12(15)17)8-2-4-9(14)5-3-8/h2-5,10H,6-7H2,1H3,(H2,15,17)/t10-,13-/m0/s1. The molecular weight excluding hydrogens is 361 g/mol. The van der Waals surface area contributed by atoms with Crippen molar-refractivity contribution >= 4 is 34.5 Å². The molecule has 1 heterocycles. The number of carbonyl (C=O) groups is 2. The Hall–Kier alpha value is -1.15. The molecule has 1 aromatic carbocycles. The van der Waals surface area contributed by atoms with Gasteiger partial charge in [-0.15, -0.1) is 0 Å². The van der Waals surface area contributed by atoms with Crippen molar-refractivity contribution in [1.29, 1.82) is 0 Å². The van der Waals surface area contributed by atoms with E-state index in [1.54, 1.807) is 12.1 Å². The summed E-state index contributed by atoms with van der Waals surface area (Å²) in [6, 6.07) is 7.34. The van der Waals surface area contributed by atoms with Crippen molar-refractivity contribution in [2.75, 3.05) is 7.11 Å². The lowest BCUT2D eigenvalue weighted by Crippen LogP contribution is -2.42. The van der Waals surface area contributed by atoms with Crippen LogP contribution in [-0.2, 0) is 24.7 Å². The summed E-state index contributed by atoms with van der Waals surface area (Å²) >= 11 is 2.17. The monoisotopic (exact) mass is 375 g/mol. The van der Waals surface area contributed by atoms with Gasteiger partial charge >= 0.3 is 5.97 Å². The van der Waals surface area contributed by atoms with Crippen LogP contribution in [0.15, 0.2) is 24.3 Å². The lowest BCUT2D eigenvalue weighted by Gasteiger charge is -2.26. The predicted octanol–water partition coefficient (Wildman–Crippen LogP) is 1.32. The second kappa shape index (κ2) is 5.46. The van der Waals surface area contributed by atoms with E-state index >= 15 is 0 Å². The van der Waals surface area contributed by atoms with Crippen molar-refractivity contribution in [3.05, 3.63) is 33.4 Å². The number of esters is 1. The molecule has 0 unspecified atom stereocenters. The second-order valence-electron chi connectivity index (χ2n) is 4.37. The minimum Gasteiger partial charge on any atom is -0.467 e. The van der Waals surface area contributed by atoms with E-state index in [0.29, 0.717) is 18.4 Å². The van der Waals surface area contributed by atoms with Gasteiger partial charge in [0.05, 0.1) is 7.11 Å². The molecule has 2 atom stereocenters. The van der Waals surface area contributed by atoms with Crippen molar-refractivity contribution < 1.29 is 19.1 Å². The summed E-state index contributed by atoms with van der Waals surface area (Å²) in [5, 5.41) is 0. The summed E-state index contributed by atoms with van der Waals surface area (Å²) in [4.78, 5) is 23.3. The maximum Gasteiger partial charge on any atom is 0.335 e. The van der Waals surface area contributed by atoms with Gasteiger partial charge in [-0.2, -0.15) is 0 Å². The molecule has 0 saturated carbocycles. The topological polar surface area (TPSA) is 78.6 Å². The molecule has 1 amide bonds. The molecule has 1 aliphatic heterocycles. The van der Waals surface area contributed by atoms with E-state index < -0.39 is 23.6 Å². The zero-order chi connectivity index (χ0) is 14.0. The van der Waals surface area contributed by atoms with E-state index in [2.05, 4.69) is 27.3 Å². The fraction of sp³-hybridized carbons (Fsp3) is 0.385. The minimum absolute atomic E-state index is 0.378. The smallest absolute Gasteiger partial charge is 0.335 e. The molecule has 19 heavy (non-hydrogen) atoms. The van der Waals surface area contributed by atoms with Crippen molar-refractivity contribution in [3.63, 3.8) is 0 Å². The third-order valence-electron chi connectivity index (χ3n) is 3.27. The first-order chi connectivity index (χ1) is 8.99. The zero-order valence-electron chi connectivity index (χ0n) is 10.4. The van der Waals surface area contributed by atoms with Crippen LogP contribution in [0.25, 0.3) is 0 Å². The predicted molar refractivity (Wildman–Crippen MR) is 76.2 cm³/mol. The van der Waals surface area contributed by atoms with Crippen LogP contribution in [0, 0.1) is 3.57 Å². The van der Waals surface area contributed by atoms with Gasteiger partial charge in [0.25, 0.3) is 5.91 Å². The summed E-state index contributed by atoms with van der Waals surface area (Å²) in [6.07, 6.45) is 0.0568. The normalized spacial score (nSPS) is 26.1. The van der Waals surface area contributed by atoms with E-state index in [4.69, 9.17) is 10.5 Å². The number of hydrogen-bond acceptors (Lipinski definition) is 4. The number of ether oxygens (including phenoxy) is 2. The number of hydrogen-bond donors (Lipinski definition) is 1. The first kappa shape index (κ1) is 14.3. The van der Waals surface area contributed by atoms with Gasteiger partial charge in [-0.1, -0.05) is 12.1 Å². The number of nitrogens with two attached hydrogens (primary N) is 1. The Labute approximate surface area is 124 Å². The van der Waals surface area contributed by atoms with Gasteiger partial charge in [0, 0.05) is 3.57 Å². The molecule has 0 radical (unpaired) electrons. The van der Waals surface area contributed by atoms with Crippen LogP contribution >= 0.6 is 22.6 Å². The fourth-order valence-electron chi connectivity index (χ4n) is 2.25. The van der Waals surface area contributed by atoms with Gasteiger partial charge in [0.1, 0.15) is 0 Å². The number of benzene rings is 1. The lowest BCUT2D eigenvalue weighted by molar-refractivity contribution is -0.163. The third kappa shape index (κ3) is 2.59. The molecule has 1 aliphatic rings. The summed E-state index contributed by atoms with van der Waals surface area (Å²) < 4.78 is 11.3. The van der Waals surface area contributed by atoms with E-state index in [1.165, 1.54) is 7.11 Å². The summed E-state index contributed by atoms with van der Waals surface area (Å²) in [5.74, 6) is -1.06. The van der Waals surface area contributed by atoms with Crippen LogP contribution in [0.3, 0.4) is 0 Å². The molecular formula is C13H14INO4. The number of primary amides is 1. The van der Waals surface area contributed by atoms with Crippen molar-refractivity contribution in [3.8, 4) is 0 Å². The van der Waals surface area contributed by atoms with Crippen molar-refractivity contribution in [1.82, 2.24) is 0 Å². The highest BCUT2D eigenvalue weighted by Crippen LogP contribution is 2.39. The van der Waals surface area contributed by atoms with Crippen LogP contribution in [0.1, 0.15) is 18.4 Å². The van der Waals surface area contributed by atoms with Crippen molar-refractivity contribution in [2.24, 2.45) is 5.73 Å². The SMILES string of the molecule is COC(=O)[C@@H]1CC[C@@](C(N)=O)(c2ccc(I)cc2)O1. The first-order valence-corrected chi connectivity index (χ1v) is 6.89.